The Hall–Kier alpha value is -0.370. The molecule has 0 heterocycles. The molecule has 2 heteroatoms. The van der Waals surface area contributed by atoms with Crippen LogP contribution in [0.4, 0.5) is 0 Å². The van der Waals surface area contributed by atoms with Gasteiger partial charge in [-0.3, -0.25) is 4.79 Å². The fourth-order valence-electron chi connectivity index (χ4n) is 1.94. The van der Waals surface area contributed by atoms with E-state index in [2.05, 4.69) is 0 Å². The topological polar surface area (TPSA) is 43.1 Å². The van der Waals surface area contributed by atoms with E-state index < -0.39 is 0 Å². The van der Waals surface area contributed by atoms with Crippen LogP contribution in [0.25, 0.3) is 0 Å². The molecule has 0 amide bonds. The van der Waals surface area contributed by atoms with Crippen LogP contribution in [0.5, 0.6) is 0 Å². The molecule has 0 aromatic carbocycles. The first-order chi connectivity index (χ1) is 6.83. The number of unbranched alkanes of at least 4 members (excludes halogenated alkanes) is 3. The maximum Gasteiger partial charge on any atom is 0.133 e. The summed E-state index contributed by atoms with van der Waals surface area (Å²) in [5, 5.41) is 0. The minimum atomic E-state index is 0.488. The van der Waals surface area contributed by atoms with Gasteiger partial charge < -0.3 is 5.73 Å². The van der Waals surface area contributed by atoms with Crippen molar-refractivity contribution in [3.8, 4) is 0 Å². The van der Waals surface area contributed by atoms with Crippen molar-refractivity contribution < 1.29 is 4.79 Å². The van der Waals surface area contributed by atoms with Crippen LogP contribution in [0.15, 0.2) is 0 Å². The summed E-state index contributed by atoms with van der Waals surface area (Å²) in [6.07, 6.45) is 10.1. The van der Waals surface area contributed by atoms with Crippen molar-refractivity contribution in [3.63, 3.8) is 0 Å². The zero-order valence-corrected chi connectivity index (χ0v) is 9.13. The second-order valence-corrected chi connectivity index (χ2v) is 4.49. The second kappa shape index (κ2) is 6.99. The van der Waals surface area contributed by atoms with Gasteiger partial charge in [0.1, 0.15) is 5.78 Å². The number of Topliss-reactive ketones (excluding diaryl/α,β-unsaturated/α-hetero) is 1. The Kier molecular flexibility index (Phi) is 5.85. The summed E-state index contributed by atoms with van der Waals surface area (Å²) in [7, 11) is 0. The van der Waals surface area contributed by atoms with E-state index >= 15 is 0 Å². The average Bonchev–Trinajstić information content (AvgIpc) is 2.11. The first-order valence-corrected chi connectivity index (χ1v) is 6.04. The van der Waals surface area contributed by atoms with Crippen LogP contribution in [0.1, 0.15) is 57.8 Å². The zero-order chi connectivity index (χ0) is 10.2. The highest BCUT2D eigenvalue weighted by Gasteiger charge is 2.19. The van der Waals surface area contributed by atoms with E-state index in [1.54, 1.807) is 0 Å². The van der Waals surface area contributed by atoms with Crippen molar-refractivity contribution in [1.82, 2.24) is 0 Å². The molecular formula is C12H23NO. The van der Waals surface area contributed by atoms with Crippen molar-refractivity contribution in [3.05, 3.63) is 0 Å². The molecule has 1 rings (SSSR count). The lowest BCUT2D eigenvalue weighted by molar-refractivity contribution is -0.120. The van der Waals surface area contributed by atoms with Crippen molar-refractivity contribution in [1.29, 1.82) is 0 Å². The van der Waals surface area contributed by atoms with Crippen LogP contribution in [-0.4, -0.2) is 12.3 Å². The third kappa shape index (κ3) is 4.75. The Balaban J connectivity index is 1.87. The highest BCUT2D eigenvalue weighted by atomic mass is 16.1. The summed E-state index contributed by atoms with van der Waals surface area (Å²) in [5.74, 6) is 1.23. The fourth-order valence-corrected chi connectivity index (χ4v) is 1.94. The Morgan fingerprint density at radius 3 is 2.43 bits per heavy atom. The quantitative estimate of drug-likeness (QED) is 0.608. The van der Waals surface area contributed by atoms with Crippen LogP contribution in [-0.2, 0) is 4.79 Å². The molecule has 14 heavy (non-hydrogen) atoms. The van der Waals surface area contributed by atoms with E-state index in [-0.39, 0.29) is 0 Å². The Morgan fingerprint density at radius 2 is 1.86 bits per heavy atom. The fraction of sp³-hybridized carbons (Fsp3) is 0.917. The number of ketones is 1. The molecule has 2 N–H and O–H groups in total. The first-order valence-electron chi connectivity index (χ1n) is 6.04. The van der Waals surface area contributed by atoms with Crippen LogP contribution in [0, 0.1) is 5.92 Å². The summed E-state index contributed by atoms with van der Waals surface area (Å²) < 4.78 is 0. The number of nitrogens with two attached hydrogens (primary N) is 1. The molecule has 0 bridgehead atoms. The average molecular weight is 197 g/mol. The third-order valence-corrected chi connectivity index (χ3v) is 3.15. The minimum absolute atomic E-state index is 0.488. The van der Waals surface area contributed by atoms with Gasteiger partial charge in [0, 0.05) is 12.8 Å². The zero-order valence-electron chi connectivity index (χ0n) is 9.13. The summed E-state index contributed by atoms with van der Waals surface area (Å²) in [6.45, 7) is 0.788. The largest absolute Gasteiger partial charge is 0.330 e. The molecule has 0 radical (unpaired) electrons. The molecule has 1 saturated carbocycles. The predicted octanol–water partition coefficient (Wildman–Crippen LogP) is 2.65. The van der Waals surface area contributed by atoms with Crippen molar-refractivity contribution in [2.45, 2.75) is 57.8 Å². The van der Waals surface area contributed by atoms with Crippen LogP contribution in [0.3, 0.4) is 0 Å². The van der Waals surface area contributed by atoms with Gasteiger partial charge in [0.2, 0.25) is 0 Å². The van der Waals surface area contributed by atoms with E-state index in [1.165, 1.54) is 32.1 Å². The lowest BCUT2D eigenvalue weighted by Crippen LogP contribution is -2.15. The molecule has 1 aliphatic carbocycles. The molecule has 0 unspecified atom stereocenters. The van der Waals surface area contributed by atoms with Crippen molar-refractivity contribution in [2.24, 2.45) is 11.7 Å². The Labute approximate surface area is 87.2 Å². The highest BCUT2D eigenvalue weighted by molar-refractivity contribution is 5.78. The highest BCUT2D eigenvalue weighted by Crippen LogP contribution is 2.30. The normalized spacial score (nSPS) is 16.6. The van der Waals surface area contributed by atoms with Gasteiger partial charge in [0.25, 0.3) is 0 Å². The molecule has 0 spiro atoms. The summed E-state index contributed by atoms with van der Waals surface area (Å²) >= 11 is 0. The molecule has 0 aromatic rings. The molecule has 82 valence electrons. The lowest BCUT2D eigenvalue weighted by Gasteiger charge is -2.24. The summed E-state index contributed by atoms with van der Waals surface area (Å²) in [4.78, 5) is 11.5. The van der Waals surface area contributed by atoms with Crippen LogP contribution >= 0.6 is 0 Å². The van der Waals surface area contributed by atoms with E-state index in [0.717, 1.165) is 38.1 Å². The monoisotopic (exact) mass is 197 g/mol. The molecule has 0 atom stereocenters. The molecule has 0 saturated heterocycles. The van der Waals surface area contributed by atoms with Gasteiger partial charge in [-0.05, 0) is 25.3 Å². The van der Waals surface area contributed by atoms with Crippen molar-refractivity contribution >= 4 is 5.78 Å². The van der Waals surface area contributed by atoms with E-state index in [9.17, 15) is 4.79 Å². The SMILES string of the molecule is NCCCCCCC(=O)CC1CCC1. The first kappa shape index (κ1) is 11.7. The number of carbonyl (C=O) groups is 1. The molecular weight excluding hydrogens is 174 g/mol. The van der Waals surface area contributed by atoms with Gasteiger partial charge in [-0.2, -0.15) is 0 Å². The van der Waals surface area contributed by atoms with Gasteiger partial charge in [0.05, 0.1) is 0 Å². The number of hydrogen-bond acceptors (Lipinski definition) is 2. The van der Waals surface area contributed by atoms with Crippen molar-refractivity contribution in [2.75, 3.05) is 6.54 Å². The Bertz CT molecular complexity index is 164. The van der Waals surface area contributed by atoms with Gasteiger partial charge in [0.15, 0.2) is 0 Å². The smallest absolute Gasteiger partial charge is 0.133 e. The molecule has 2 nitrogen and oxygen atoms in total. The molecule has 0 aliphatic heterocycles. The predicted molar refractivity (Wildman–Crippen MR) is 59.1 cm³/mol. The summed E-state index contributed by atoms with van der Waals surface area (Å²) in [6, 6.07) is 0. The number of rotatable bonds is 8. The Morgan fingerprint density at radius 1 is 1.14 bits per heavy atom. The van der Waals surface area contributed by atoms with Gasteiger partial charge >= 0.3 is 0 Å². The van der Waals surface area contributed by atoms with Gasteiger partial charge in [-0.15, -0.1) is 0 Å². The third-order valence-electron chi connectivity index (χ3n) is 3.15. The van der Waals surface area contributed by atoms with Crippen LogP contribution < -0.4 is 5.73 Å². The van der Waals surface area contributed by atoms with Gasteiger partial charge in [-0.1, -0.05) is 32.1 Å². The standard InChI is InChI=1S/C12H23NO/c13-9-4-2-1-3-8-12(14)10-11-6-5-7-11/h11H,1-10,13H2. The lowest BCUT2D eigenvalue weighted by atomic mass is 9.81. The summed E-state index contributed by atoms with van der Waals surface area (Å²) in [5.41, 5.74) is 5.40. The molecule has 0 aromatic heterocycles. The second-order valence-electron chi connectivity index (χ2n) is 4.49. The maximum atomic E-state index is 11.5. The van der Waals surface area contributed by atoms with Crippen LogP contribution in [0.2, 0.25) is 0 Å². The number of carbonyl (C=O) groups excluding carboxylic acids is 1. The van der Waals surface area contributed by atoms with E-state index in [1.807, 2.05) is 0 Å². The maximum absolute atomic E-state index is 11.5. The molecule has 1 fully saturated rings. The number of hydrogen-bond donors (Lipinski definition) is 1. The van der Waals surface area contributed by atoms with Gasteiger partial charge in [-0.25, -0.2) is 0 Å². The van der Waals surface area contributed by atoms with E-state index in [0.29, 0.717) is 5.78 Å². The molecule has 1 aliphatic rings. The van der Waals surface area contributed by atoms with E-state index in [4.69, 9.17) is 5.73 Å². The minimum Gasteiger partial charge on any atom is -0.330 e.